The van der Waals surface area contributed by atoms with Gasteiger partial charge in [0, 0.05) is 11.4 Å². The Bertz CT molecular complexity index is 1040. The maximum absolute atomic E-state index is 12.2. The molecule has 3 rings (SSSR count). The van der Waals surface area contributed by atoms with Gasteiger partial charge in [0.2, 0.25) is 0 Å². The topological polar surface area (TPSA) is 106 Å². The first-order chi connectivity index (χ1) is 14.8. The molecule has 2 aromatic carbocycles. The molecule has 3 amide bonds. The van der Waals surface area contributed by atoms with Gasteiger partial charge in [-0.15, -0.1) is 0 Å². The molecule has 0 radical (unpaired) electrons. The van der Waals surface area contributed by atoms with Crippen LogP contribution in [0.2, 0.25) is 0 Å². The van der Waals surface area contributed by atoms with Gasteiger partial charge in [-0.1, -0.05) is 24.3 Å². The number of esters is 1. The zero-order chi connectivity index (χ0) is 22.5. The highest BCUT2D eigenvalue weighted by Gasteiger charge is 2.31. The predicted molar refractivity (Wildman–Crippen MR) is 116 cm³/mol. The quantitative estimate of drug-likeness (QED) is 0.619. The van der Waals surface area contributed by atoms with Crippen molar-refractivity contribution in [2.75, 3.05) is 19.0 Å². The summed E-state index contributed by atoms with van der Waals surface area (Å²) in [5.74, 6) is -0.311. The van der Waals surface area contributed by atoms with Gasteiger partial charge in [-0.25, -0.2) is 9.59 Å². The summed E-state index contributed by atoms with van der Waals surface area (Å²) in [7, 11) is 1.29. The third kappa shape index (κ3) is 5.03. The number of carbonyl (C=O) groups excluding carboxylic acids is 3. The molecule has 0 unspecified atom stereocenters. The third-order valence-electron chi connectivity index (χ3n) is 5.14. The highest BCUT2D eigenvalue weighted by molar-refractivity contribution is 5.95. The highest BCUT2D eigenvalue weighted by Crippen LogP contribution is 2.28. The van der Waals surface area contributed by atoms with Crippen molar-refractivity contribution in [3.8, 4) is 5.75 Å². The molecule has 0 saturated heterocycles. The Kier molecular flexibility index (Phi) is 6.59. The number of allylic oxidation sites excluding steroid dienone is 1. The van der Waals surface area contributed by atoms with Crippen molar-refractivity contribution in [1.29, 1.82) is 0 Å². The number of nitrogens with one attached hydrogen (secondary N) is 3. The second-order valence-corrected chi connectivity index (χ2v) is 7.22. The molecule has 2 aromatic rings. The molecular weight excluding hydrogens is 398 g/mol. The van der Waals surface area contributed by atoms with Crippen LogP contribution in [0.5, 0.6) is 5.75 Å². The van der Waals surface area contributed by atoms with Crippen molar-refractivity contribution in [3.05, 3.63) is 70.4 Å². The van der Waals surface area contributed by atoms with Crippen molar-refractivity contribution < 1.29 is 23.9 Å². The Labute approximate surface area is 180 Å². The first-order valence-electron chi connectivity index (χ1n) is 9.75. The molecule has 1 aliphatic rings. The molecule has 0 fully saturated rings. The van der Waals surface area contributed by atoms with Gasteiger partial charge in [-0.2, -0.15) is 0 Å². The number of rotatable bonds is 6. The Hall–Kier alpha value is -3.81. The van der Waals surface area contributed by atoms with Crippen LogP contribution in [-0.2, 0) is 14.3 Å². The first kappa shape index (κ1) is 21.9. The number of hydrogen-bond donors (Lipinski definition) is 3. The number of ether oxygens (including phenoxy) is 2. The Morgan fingerprint density at radius 3 is 2.45 bits per heavy atom. The monoisotopic (exact) mass is 423 g/mol. The second-order valence-electron chi connectivity index (χ2n) is 7.22. The lowest BCUT2D eigenvalue weighted by atomic mass is 9.95. The smallest absolute Gasteiger partial charge is 0.337 e. The van der Waals surface area contributed by atoms with Crippen molar-refractivity contribution in [2.24, 2.45) is 0 Å². The van der Waals surface area contributed by atoms with Crippen LogP contribution in [0.15, 0.2) is 53.7 Å². The van der Waals surface area contributed by atoms with Crippen molar-refractivity contribution in [1.82, 2.24) is 10.6 Å². The van der Waals surface area contributed by atoms with Gasteiger partial charge in [0.25, 0.3) is 5.91 Å². The van der Waals surface area contributed by atoms with E-state index in [1.54, 1.807) is 31.2 Å². The maximum Gasteiger partial charge on any atom is 0.337 e. The van der Waals surface area contributed by atoms with Crippen LogP contribution in [0.3, 0.4) is 0 Å². The zero-order valence-corrected chi connectivity index (χ0v) is 17.9. The minimum Gasteiger partial charge on any atom is -0.484 e. The molecule has 1 atom stereocenters. The largest absolute Gasteiger partial charge is 0.484 e. The third-order valence-corrected chi connectivity index (χ3v) is 5.14. The van der Waals surface area contributed by atoms with Gasteiger partial charge in [0.05, 0.1) is 18.7 Å². The molecule has 31 heavy (non-hydrogen) atoms. The normalized spacial score (nSPS) is 15.6. The lowest BCUT2D eigenvalue weighted by molar-refractivity contribution is -0.136. The Balaban J connectivity index is 1.66. The van der Waals surface area contributed by atoms with E-state index in [0.29, 0.717) is 22.6 Å². The average molecular weight is 423 g/mol. The van der Waals surface area contributed by atoms with Gasteiger partial charge in [-0.3, -0.25) is 4.79 Å². The summed E-state index contributed by atoms with van der Waals surface area (Å²) in [5, 5.41) is 8.14. The summed E-state index contributed by atoms with van der Waals surface area (Å²) in [6.45, 7) is 5.42. The van der Waals surface area contributed by atoms with Crippen LogP contribution in [0.25, 0.3) is 0 Å². The van der Waals surface area contributed by atoms with E-state index >= 15 is 0 Å². The summed E-state index contributed by atoms with van der Waals surface area (Å²) >= 11 is 0. The lowest BCUT2D eigenvalue weighted by Crippen LogP contribution is -2.45. The molecule has 3 N–H and O–H groups in total. The van der Waals surface area contributed by atoms with E-state index in [4.69, 9.17) is 9.47 Å². The van der Waals surface area contributed by atoms with Crippen LogP contribution in [0, 0.1) is 13.8 Å². The molecule has 0 saturated carbocycles. The van der Waals surface area contributed by atoms with Gasteiger partial charge in [0.1, 0.15) is 5.75 Å². The molecule has 0 bridgehead atoms. The number of carbonyl (C=O) groups is 3. The van der Waals surface area contributed by atoms with Crippen LogP contribution in [-0.4, -0.2) is 31.6 Å². The molecule has 1 aliphatic heterocycles. The fourth-order valence-corrected chi connectivity index (χ4v) is 3.30. The molecule has 8 heteroatoms. The predicted octanol–water partition coefficient (Wildman–Crippen LogP) is 3.12. The number of benzene rings is 2. The van der Waals surface area contributed by atoms with E-state index in [0.717, 1.165) is 16.8 Å². The summed E-state index contributed by atoms with van der Waals surface area (Å²) in [4.78, 5) is 36.3. The van der Waals surface area contributed by atoms with Crippen molar-refractivity contribution >= 4 is 23.6 Å². The molecule has 0 spiro atoms. The number of hydrogen-bond acceptors (Lipinski definition) is 5. The van der Waals surface area contributed by atoms with Gasteiger partial charge in [-0.05, 0) is 55.7 Å². The minimum absolute atomic E-state index is 0.150. The summed E-state index contributed by atoms with van der Waals surface area (Å²) in [6.07, 6.45) is 0. The number of anilines is 1. The minimum atomic E-state index is -0.650. The fraction of sp³-hybridized carbons (Fsp3) is 0.261. The second kappa shape index (κ2) is 9.34. The molecule has 1 heterocycles. The fourth-order valence-electron chi connectivity index (χ4n) is 3.30. The standard InChI is InChI=1S/C23H25N3O5/c1-13-6-5-7-18(14(13)2)25-19(27)12-31-17-10-8-16(9-11-17)21-20(22(28)30-4)15(3)24-23(29)26-21/h5-11,21H,12H2,1-4H3,(H,25,27)(H2,24,26,29)/t21-/m0/s1. The van der Waals surface area contributed by atoms with Crippen LogP contribution in [0.4, 0.5) is 10.5 Å². The van der Waals surface area contributed by atoms with E-state index in [1.165, 1.54) is 7.11 Å². The lowest BCUT2D eigenvalue weighted by Gasteiger charge is -2.27. The number of aryl methyl sites for hydroxylation is 1. The van der Waals surface area contributed by atoms with E-state index in [9.17, 15) is 14.4 Å². The number of methoxy groups -OCH3 is 1. The van der Waals surface area contributed by atoms with E-state index in [-0.39, 0.29) is 12.5 Å². The summed E-state index contributed by atoms with van der Waals surface area (Å²) in [6, 6.07) is 11.5. The molecule has 0 aromatic heterocycles. The molecule has 0 aliphatic carbocycles. The summed E-state index contributed by atoms with van der Waals surface area (Å²) < 4.78 is 10.4. The number of amides is 3. The zero-order valence-electron chi connectivity index (χ0n) is 17.9. The molecule has 162 valence electrons. The van der Waals surface area contributed by atoms with Crippen LogP contribution >= 0.6 is 0 Å². The van der Waals surface area contributed by atoms with Gasteiger partial charge in [0.15, 0.2) is 6.61 Å². The van der Waals surface area contributed by atoms with Crippen molar-refractivity contribution in [3.63, 3.8) is 0 Å². The molecular formula is C23H25N3O5. The van der Waals surface area contributed by atoms with Gasteiger partial charge < -0.3 is 25.4 Å². The Morgan fingerprint density at radius 1 is 1.06 bits per heavy atom. The highest BCUT2D eigenvalue weighted by atomic mass is 16.5. The van der Waals surface area contributed by atoms with E-state index < -0.39 is 18.0 Å². The Morgan fingerprint density at radius 2 is 1.77 bits per heavy atom. The van der Waals surface area contributed by atoms with Gasteiger partial charge >= 0.3 is 12.0 Å². The van der Waals surface area contributed by atoms with E-state index in [2.05, 4.69) is 16.0 Å². The maximum atomic E-state index is 12.2. The van der Waals surface area contributed by atoms with Crippen LogP contribution < -0.4 is 20.7 Å². The average Bonchev–Trinajstić information content (AvgIpc) is 2.75. The van der Waals surface area contributed by atoms with Crippen LogP contribution in [0.1, 0.15) is 29.7 Å². The van der Waals surface area contributed by atoms with E-state index in [1.807, 2.05) is 32.0 Å². The summed E-state index contributed by atoms with van der Waals surface area (Å²) in [5.41, 5.74) is 4.29. The first-order valence-corrected chi connectivity index (χ1v) is 9.75. The van der Waals surface area contributed by atoms with Crippen molar-refractivity contribution in [2.45, 2.75) is 26.8 Å². The molecule has 8 nitrogen and oxygen atoms in total. The number of urea groups is 1. The SMILES string of the molecule is COC(=O)C1=C(C)NC(=O)N[C@H]1c1ccc(OCC(=O)Nc2cccc(C)c2C)cc1.